The highest BCUT2D eigenvalue weighted by atomic mass is 15.1. The van der Waals surface area contributed by atoms with Gasteiger partial charge < -0.3 is 5.73 Å². The van der Waals surface area contributed by atoms with Crippen LogP contribution in [0, 0.1) is 12.8 Å². The molecular formula is C13H21N3. The van der Waals surface area contributed by atoms with Crippen molar-refractivity contribution in [2.75, 3.05) is 19.6 Å². The van der Waals surface area contributed by atoms with Crippen molar-refractivity contribution in [1.82, 2.24) is 9.88 Å². The van der Waals surface area contributed by atoms with Crippen molar-refractivity contribution in [3.05, 3.63) is 29.6 Å². The van der Waals surface area contributed by atoms with E-state index in [0.29, 0.717) is 0 Å². The molecule has 16 heavy (non-hydrogen) atoms. The Balaban J connectivity index is 1.87. The average Bonchev–Trinajstić information content (AvgIpc) is 2.66. The minimum Gasteiger partial charge on any atom is -0.330 e. The van der Waals surface area contributed by atoms with Crippen LogP contribution in [0.4, 0.5) is 0 Å². The molecule has 3 heteroatoms. The fraction of sp³-hybridized carbons (Fsp3) is 0.615. The number of aromatic nitrogens is 1. The number of aryl methyl sites for hydroxylation is 1. The van der Waals surface area contributed by atoms with Gasteiger partial charge in [-0.3, -0.25) is 9.88 Å². The zero-order chi connectivity index (χ0) is 11.4. The van der Waals surface area contributed by atoms with Crippen LogP contribution in [0.2, 0.25) is 0 Å². The topological polar surface area (TPSA) is 42.1 Å². The highest BCUT2D eigenvalue weighted by molar-refractivity contribution is 5.09. The van der Waals surface area contributed by atoms with Crippen molar-refractivity contribution in [3.8, 4) is 0 Å². The summed E-state index contributed by atoms with van der Waals surface area (Å²) in [5.41, 5.74) is 7.89. The van der Waals surface area contributed by atoms with Gasteiger partial charge in [0.1, 0.15) is 0 Å². The molecule has 1 aliphatic heterocycles. The van der Waals surface area contributed by atoms with E-state index < -0.39 is 0 Å². The molecule has 3 nitrogen and oxygen atoms in total. The number of hydrogen-bond donors (Lipinski definition) is 1. The number of hydrogen-bond acceptors (Lipinski definition) is 3. The quantitative estimate of drug-likeness (QED) is 0.835. The summed E-state index contributed by atoms with van der Waals surface area (Å²) in [6.45, 7) is 6.24. The van der Waals surface area contributed by atoms with E-state index in [1.165, 1.54) is 25.2 Å². The molecule has 2 rings (SSSR count). The van der Waals surface area contributed by atoms with Gasteiger partial charge in [-0.15, -0.1) is 0 Å². The lowest BCUT2D eigenvalue weighted by molar-refractivity contribution is 0.310. The van der Waals surface area contributed by atoms with E-state index in [4.69, 9.17) is 5.73 Å². The van der Waals surface area contributed by atoms with Gasteiger partial charge in [-0.1, -0.05) is 6.07 Å². The summed E-state index contributed by atoms with van der Waals surface area (Å²) in [5, 5.41) is 0. The van der Waals surface area contributed by atoms with E-state index in [1.54, 1.807) is 0 Å². The molecule has 0 radical (unpaired) electrons. The summed E-state index contributed by atoms with van der Waals surface area (Å²) < 4.78 is 0. The van der Waals surface area contributed by atoms with Gasteiger partial charge in [0.05, 0.1) is 5.69 Å². The van der Waals surface area contributed by atoms with E-state index in [2.05, 4.69) is 22.0 Å². The van der Waals surface area contributed by atoms with Crippen LogP contribution in [0.3, 0.4) is 0 Å². The lowest BCUT2D eigenvalue weighted by Gasteiger charge is -2.15. The third-order valence-corrected chi connectivity index (χ3v) is 3.28. The van der Waals surface area contributed by atoms with Crippen molar-refractivity contribution >= 4 is 0 Å². The van der Waals surface area contributed by atoms with Gasteiger partial charge in [-0.25, -0.2) is 0 Å². The second kappa shape index (κ2) is 5.41. The molecule has 2 N–H and O–H groups in total. The van der Waals surface area contributed by atoms with Gasteiger partial charge in [0.15, 0.2) is 0 Å². The fourth-order valence-electron chi connectivity index (χ4n) is 2.44. The second-order valence-corrected chi connectivity index (χ2v) is 4.74. The molecule has 1 aromatic heterocycles. The van der Waals surface area contributed by atoms with Crippen molar-refractivity contribution in [2.24, 2.45) is 11.7 Å². The Kier molecular flexibility index (Phi) is 3.91. The Bertz CT molecular complexity index is 338. The van der Waals surface area contributed by atoms with Crippen LogP contribution in [0.5, 0.6) is 0 Å². The van der Waals surface area contributed by atoms with Crippen LogP contribution in [0.15, 0.2) is 18.2 Å². The summed E-state index contributed by atoms with van der Waals surface area (Å²) in [6, 6.07) is 6.25. The maximum atomic E-state index is 5.60. The standard InChI is InChI=1S/C13H21N3/c1-11-3-2-4-13(15-11)10-16-8-6-12(9-16)5-7-14/h2-4,12H,5-10,14H2,1H3. The Hall–Kier alpha value is -0.930. The highest BCUT2D eigenvalue weighted by Crippen LogP contribution is 2.20. The lowest BCUT2D eigenvalue weighted by atomic mass is 10.1. The molecule has 0 spiro atoms. The van der Waals surface area contributed by atoms with E-state index in [9.17, 15) is 0 Å². The minimum absolute atomic E-state index is 0.801. The molecule has 2 heterocycles. The molecule has 0 amide bonds. The molecule has 0 aliphatic carbocycles. The third kappa shape index (κ3) is 3.03. The number of pyridine rings is 1. The summed E-state index contributed by atoms with van der Waals surface area (Å²) in [5.74, 6) is 0.801. The van der Waals surface area contributed by atoms with E-state index in [1.807, 2.05) is 13.0 Å². The molecular weight excluding hydrogens is 198 g/mol. The molecule has 88 valence electrons. The normalized spacial score (nSPS) is 21.5. The highest BCUT2D eigenvalue weighted by Gasteiger charge is 2.21. The van der Waals surface area contributed by atoms with Gasteiger partial charge in [0.25, 0.3) is 0 Å². The number of likely N-dealkylation sites (tertiary alicyclic amines) is 1. The predicted molar refractivity (Wildman–Crippen MR) is 66.0 cm³/mol. The first-order chi connectivity index (χ1) is 7.78. The molecule has 0 aromatic carbocycles. The van der Waals surface area contributed by atoms with E-state index in [0.717, 1.165) is 31.1 Å². The molecule has 1 saturated heterocycles. The zero-order valence-corrected chi connectivity index (χ0v) is 10.0. The second-order valence-electron chi connectivity index (χ2n) is 4.74. The third-order valence-electron chi connectivity index (χ3n) is 3.28. The van der Waals surface area contributed by atoms with Crippen LogP contribution >= 0.6 is 0 Å². The maximum absolute atomic E-state index is 5.60. The summed E-state index contributed by atoms with van der Waals surface area (Å²) >= 11 is 0. The van der Waals surface area contributed by atoms with Crippen molar-refractivity contribution in [2.45, 2.75) is 26.3 Å². The van der Waals surface area contributed by atoms with E-state index in [-0.39, 0.29) is 0 Å². The minimum atomic E-state index is 0.801. The Morgan fingerprint density at radius 2 is 2.38 bits per heavy atom. The van der Waals surface area contributed by atoms with Crippen LogP contribution in [-0.2, 0) is 6.54 Å². The smallest absolute Gasteiger partial charge is 0.0547 e. The molecule has 1 fully saturated rings. The lowest BCUT2D eigenvalue weighted by Crippen LogP contribution is -2.21. The monoisotopic (exact) mass is 219 g/mol. The molecule has 0 saturated carbocycles. The zero-order valence-electron chi connectivity index (χ0n) is 10.0. The number of nitrogens with two attached hydrogens (primary N) is 1. The molecule has 0 bridgehead atoms. The molecule has 1 unspecified atom stereocenters. The largest absolute Gasteiger partial charge is 0.330 e. The molecule has 1 atom stereocenters. The Morgan fingerprint density at radius 1 is 1.50 bits per heavy atom. The summed E-state index contributed by atoms with van der Waals surface area (Å²) in [4.78, 5) is 7.03. The Morgan fingerprint density at radius 3 is 3.12 bits per heavy atom. The van der Waals surface area contributed by atoms with E-state index >= 15 is 0 Å². The van der Waals surface area contributed by atoms with Crippen LogP contribution in [-0.4, -0.2) is 29.5 Å². The van der Waals surface area contributed by atoms with Gasteiger partial charge in [-0.05, 0) is 50.9 Å². The summed E-state index contributed by atoms with van der Waals surface area (Å²) in [7, 11) is 0. The average molecular weight is 219 g/mol. The molecule has 1 aromatic rings. The van der Waals surface area contributed by atoms with Crippen LogP contribution in [0.1, 0.15) is 24.2 Å². The fourth-order valence-corrected chi connectivity index (χ4v) is 2.44. The van der Waals surface area contributed by atoms with Crippen LogP contribution < -0.4 is 5.73 Å². The summed E-state index contributed by atoms with van der Waals surface area (Å²) in [6.07, 6.45) is 2.46. The van der Waals surface area contributed by atoms with Crippen LogP contribution in [0.25, 0.3) is 0 Å². The number of rotatable bonds is 4. The Labute approximate surface area is 97.7 Å². The SMILES string of the molecule is Cc1cccc(CN2CCC(CCN)C2)n1. The van der Waals surface area contributed by atoms with Crippen molar-refractivity contribution in [1.29, 1.82) is 0 Å². The first kappa shape index (κ1) is 11.6. The van der Waals surface area contributed by atoms with Gasteiger partial charge in [-0.2, -0.15) is 0 Å². The van der Waals surface area contributed by atoms with Gasteiger partial charge >= 0.3 is 0 Å². The van der Waals surface area contributed by atoms with Crippen molar-refractivity contribution < 1.29 is 0 Å². The predicted octanol–water partition coefficient (Wildman–Crippen LogP) is 1.56. The first-order valence-electron chi connectivity index (χ1n) is 6.13. The molecule has 1 aliphatic rings. The number of nitrogens with zero attached hydrogens (tertiary/aromatic N) is 2. The van der Waals surface area contributed by atoms with Gasteiger partial charge in [0.2, 0.25) is 0 Å². The van der Waals surface area contributed by atoms with Crippen molar-refractivity contribution in [3.63, 3.8) is 0 Å². The van der Waals surface area contributed by atoms with Gasteiger partial charge in [0, 0.05) is 18.8 Å². The maximum Gasteiger partial charge on any atom is 0.0547 e. The first-order valence-corrected chi connectivity index (χ1v) is 6.13.